The van der Waals surface area contributed by atoms with E-state index in [1.807, 2.05) is 46.0 Å². The van der Waals surface area contributed by atoms with E-state index in [0.717, 1.165) is 36.4 Å². The van der Waals surface area contributed by atoms with Crippen LogP contribution in [0.2, 0.25) is 0 Å². The van der Waals surface area contributed by atoms with E-state index in [1.165, 1.54) is 11.8 Å². The molecule has 0 aliphatic carbocycles. The van der Waals surface area contributed by atoms with Crippen LogP contribution in [0.4, 0.5) is 0 Å². The van der Waals surface area contributed by atoms with Crippen LogP contribution in [0.5, 0.6) is 0 Å². The first kappa shape index (κ1) is 22.5. The molecule has 168 valence electrons. The molecule has 1 aliphatic heterocycles. The van der Waals surface area contributed by atoms with Crippen molar-refractivity contribution >= 4 is 34.9 Å². The number of carbonyl (C=O) groups is 2. The van der Waals surface area contributed by atoms with Crippen LogP contribution in [0.25, 0.3) is 5.69 Å². The summed E-state index contributed by atoms with van der Waals surface area (Å²) in [6.45, 7) is 3.48. The van der Waals surface area contributed by atoms with Gasteiger partial charge in [0.05, 0.1) is 30.2 Å². The Hall–Kier alpha value is -2.72. The van der Waals surface area contributed by atoms with Gasteiger partial charge in [0.25, 0.3) is 0 Å². The van der Waals surface area contributed by atoms with E-state index in [4.69, 9.17) is 0 Å². The quantitative estimate of drug-likeness (QED) is 0.507. The van der Waals surface area contributed by atoms with Crippen LogP contribution in [0, 0.1) is 0 Å². The minimum atomic E-state index is -0.359. The van der Waals surface area contributed by atoms with E-state index in [9.17, 15) is 9.59 Å². The van der Waals surface area contributed by atoms with Crippen molar-refractivity contribution in [1.82, 2.24) is 30.0 Å². The van der Waals surface area contributed by atoms with E-state index >= 15 is 0 Å². The van der Waals surface area contributed by atoms with Crippen molar-refractivity contribution in [1.29, 1.82) is 0 Å². The van der Waals surface area contributed by atoms with Crippen molar-refractivity contribution in [2.75, 3.05) is 6.54 Å². The maximum atomic E-state index is 12.6. The van der Waals surface area contributed by atoms with Gasteiger partial charge < -0.3 is 10.2 Å². The van der Waals surface area contributed by atoms with Crippen LogP contribution in [-0.2, 0) is 22.7 Å². The van der Waals surface area contributed by atoms with Gasteiger partial charge in [-0.3, -0.25) is 19.1 Å². The average molecular weight is 471 g/mol. The highest BCUT2D eigenvalue weighted by Crippen LogP contribution is 2.27. The van der Waals surface area contributed by atoms with Crippen LogP contribution in [0.3, 0.4) is 0 Å². The van der Waals surface area contributed by atoms with Crippen molar-refractivity contribution in [2.24, 2.45) is 0 Å². The number of likely N-dealkylation sites (tertiary alicyclic amines) is 1. The smallest absolute Gasteiger partial charge is 0.233 e. The van der Waals surface area contributed by atoms with Gasteiger partial charge in [0.15, 0.2) is 11.0 Å². The Morgan fingerprint density at radius 3 is 2.94 bits per heavy atom. The summed E-state index contributed by atoms with van der Waals surface area (Å²) in [6.07, 6.45) is 7.02. The zero-order valence-corrected chi connectivity index (χ0v) is 19.6. The summed E-state index contributed by atoms with van der Waals surface area (Å²) in [5.74, 6) is 0.758. The molecule has 3 aromatic rings. The lowest BCUT2D eigenvalue weighted by atomic mass is 10.2. The van der Waals surface area contributed by atoms with E-state index in [2.05, 4.69) is 20.5 Å². The summed E-state index contributed by atoms with van der Waals surface area (Å²) in [6, 6.07) is 7.74. The Balaban J connectivity index is 1.52. The molecule has 0 saturated carbocycles. The third kappa shape index (κ3) is 5.55. The van der Waals surface area contributed by atoms with Crippen LogP contribution in [-0.4, -0.2) is 48.3 Å². The number of thioether (sulfide) groups is 1. The van der Waals surface area contributed by atoms with Gasteiger partial charge >= 0.3 is 0 Å². The van der Waals surface area contributed by atoms with Gasteiger partial charge in [0.1, 0.15) is 0 Å². The van der Waals surface area contributed by atoms with Crippen LogP contribution < -0.4 is 5.32 Å². The molecule has 1 atom stereocenters. The van der Waals surface area contributed by atoms with Crippen LogP contribution in [0.15, 0.2) is 47.2 Å². The first-order chi connectivity index (χ1) is 15.6. The zero-order chi connectivity index (χ0) is 22.3. The second kappa shape index (κ2) is 10.7. The van der Waals surface area contributed by atoms with Gasteiger partial charge in [-0.2, -0.15) is 0 Å². The van der Waals surface area contributed by atoms with Crippen molar-refractivity contribution in [2.45, 2.75) is 56.1 Å². The minimum Gasteiger partial charge on any atom is -0.350 e. The number of carbonyl (C=O) groups excluding carboxylic acids is 2. The van der Waals surface area contributed by atoms with Crippen LogP contribution in [0.1, 0.15) is 43.3 Å². The topological polar surface area (TPSA) is 93.0 Å². The molecule has 3 aromatic heterocycles. The number of aromatic nitrogens is 4. The number of hydrogen-bond donors (Lipinski definition) is 1. The molecule has 32 heavy (non-hydrogen) atoms. The Kier molecular flexibility index (Phi) is 7.54. The summed E-state index contributed by atoms with van der Waals surface area (Å²) >= 11 is 2.96. The molecule has 2 amide bonds. The number of nitrogens with one attached hydrogen (secondary N) is 1. The lowest BCUT2D eigenvalue weighted by molar-refractivity contribution is -0.131. The first-order valence-corrected chi connectivity index (χ1v) is 12.5. The molecule has 0 unspecified atom stereocenters. The van der Waals surface area contributed by atoms with Crippen molar-refractivity contribution in [3.8, 4) is 5.69 Å². The molecule has 4 rings (SSSR count). The Morgan fingerprint density at radius 2 is 2.16 bits per heavy atom. The van der Waals surface area contributed by atoms with Crippen LogP contribution >= 0.6 is 23.1 Å². The fourth-order valence-electron chi connectivity index (χ4n) is 3.54. The molecule has 0 radical (unpaired) electrons. The largest absolute Gasteiger partial charge is 0.350 e. The lowest BCUT2D eigenvalue weighted by Gasteiger charge is -2.20. The van der Waals surface area contributed by atoms with Gasteiger partial charge in [0, 0.05) is 24.0 Å². The summed E-state index contributed by atoms with van der Waals surface area (Å²) in [7, 11) is 0. The Labute approximate surface area is 195 Å². The number of hydrogen-bond acceptors (Lipinski definition) is 7. The number of rotatable bonds is 8. The maximum absolute atomic E-state index is 12.6. The second-order valence-corrected chi connectivity index (χ2v) is 9.97. The highest BCUT2D eigenvalue weighted by molar-refractivity contribution is 8.00. The van der Waals surface area contributed by atoms with Gasteiger partial charge in [-0.1, -0.05) is 24.2 Å². The molecule has 1 fully saturated rings. The molecular weight excluding hydrogens is 444 g/mol. The third-order valence-electron chi connectivity index (χ3n) is 5.28. The summed E-state index contributed by atoms with van der Waals surface area (Å²) < 4.78 is 1.90. The van der Waals surface area contributed by atoms with E-state index in [-0.39, 0.29) is 17.1 Å². The maximum Gasteiger partial charge on any atom is 0.233 e. The van der Waals surface area contributed by atoms with Gasteiger partial charge in [0.2, 0.25) is 11.8 Å². The highest BCUT2D eigenvalue weighted by atomic mass is 32.2. The normalized spacial score (nSPS) is 15.4. The number of pyridine rings is 1. The van der Waals surface area contributed by atoms with Crippen molar-refractivity contribution < 1.29 is 9.59 Å². The van der Waals surface area contributed by atoms with Gasteiger partial charge in [-0.15, -0.1) is 21.5 Å². The fraction of sp³-hybridized carbons (Fsp3) is 0.409. The number of amides is 2. The first-order valence-electron chi connectivity index (χ1n) is 10.7. The second-order valence-electron chi connectivity index (χ2n) is 7.63. The predicted octanol–water partition coefficient (Wildman–Crippen LogP) is 3.42. The van der Waals surface area contributed by atoms with E-state index in [1.54, 1.807) is 23.7 Å². The van der Waals surface area contributed by atoms with Crippen molar-refractivity contribution in [3.63, 3.8) is 0 Å². The molecule has 0 aromatic carbocycles. The number of nitrogens with zero attached hydrogens (tertiary/aromatic N) is 5. The van der Waals surface area contributed by atoms with E-state index < -0.39 is 0 Å². The fourth-order valence-corrected chi connectivity index (χ4v) is 5.10. The SMILES string of the molecule is C[C@H](Sc1nnc(CN2CCCCCC2=O)n1-c1cccnc1)C(=O)NCc1cccs1. The molecule has 1 aliphatic rings. The lowest BCUT2D eigenvalue weighted by Crippen LogP contribution is -2.31. The molecule has 0 spiro atoms. The minimum absolute atomic E-state index is 0.0617. The zero-order valence-electron chi connectivity index (χ0n) is 17.9. The molecule has 1 saturated heterocycles. The molecule has 8 nitrogen and oxygen atoms in total. The molecule has 1 N–H and O–H groups in total. The highest BCUT2D eigenvalue weighted by Gasteiger charge is 2.24. The molecule has 10 heteroatoms. The Morgan fingerprint density at radius 1 is 1.25 bits per heavy atom. The van der Waals surface area contributed by atoms with Gasteiger partial charge in [-0.25, -0.2) is 0 Å². The average Bonchev–Trinajstić information content (AvgIpc) is 3.42. The third-order valence-corrected chi connectivity index (χ3v) is 7.20. The van der Waals surface area contributed by atoms with Gasteiger partial charge in [-0.05, 0) is 43.3 Å². The molecule has 0 bridgehead atoms. The number of thiophene rings is 1. The van der Waals surface area contributed by atoms with Crippen molar-refractivity contribution in [3.05, 3.63) is 52.7 Å². The Bertz CT molecular complexity index is 1040. The summed E-state index contributed by atoms with van der Waals surface area (Å²) in [5.41, 5.74) is 0.809. The summed E-state index contributed by atoms with van der Waals surface area (Å²) in [4.78, 5) is 32.3. The summed E-state index contributed by atoms with van der Waals surface area (Å²) in [5, 5.41) is 14.0. The molecular formula is C22H26N6O2S2. The monoisotopic (exact) mass is 470 g/mol. The predicted molar refractivity (Wildman–Crippen MR) is 125 cm³/mol. The molecule has 4 heterocycles. The van der Waals surface area contributed by atoms with E-state index in [0.29, 0.717) is 30.5 Å². The standard InChI is InChI=1S/C22H26N6O2S2/c1-16(21(30)24-14-18-8-6-12-31-18)32-22-26-25-19(28(22)17-7-5-10-23-13-17)15-27-11-4-2-3-9-20(27)29/h5-8,10,12-13,16H,2-4,9,11,14-15H2,1H3,(H,24,30)/t16-/m0/s1.